The molecule has 0 bridgehead atoms. The molecule has 0 fully saturated rings. The number of hydrogen-bond donors (Lipinski definition) is 2. The average molecular weight is 324 g/mol. The van der Waals surface area contributed by atoms with Crippen molar-refractivity contribution in [2.24, 2.45) is 10.9 Å². The molecule has 0 saturated heterocycles. The summed E-state index contributed by atoms with van der Waals surface area (Å²) in [6.07, 6.45) is 1.82. The fourth-order valence-electron chi connectivity index (χ4n) is 2.24. The van der Waals surface area contributed by atoms with E-state index in [1.165, 1.54) is 5.56 Å². The van der Waals surface area contributed by atoms with Crippen LogP contribution in [0.3, 0.4) is 0 Å². The van der Waals surface area contributed by atoms with Gasteiger partial charge in [0.15, 0.2) is 5.96 Å². The SMILES string of the molecule is CCNC(=NCc1cccc(-c2ccccn2)c1)NC(C)C(C)C. The maximum atomic E-state index is 4.71. The molecule has 1 aromatic carbocycles. The van der Waals surface area contributed by atoms with E-state index in [0.29, 0.717) is 18.5 Å². The van der Waals surface area contributed by atoms with Crippen LogP contribution in [0.4, 0.5) is 0 Å². The van der Waals surface area contributed by atoms with Crippen molar-refractivity contribution in [2.45, 2.75) is 40.3 Å². The maximum Gasteiger partial charge on any atom is 0.191 e. The van der Waals surface area contributed by atoms with E-state index in [1.54, 1.807) is 0 Å². The molecule has 4 heteroatoms. The van der Waals surface area contributed by atoms with Gasteiger partial charge in [-0.25, -0.2) is 4.99 Å². The van der Waals surface area contributed by atoms with Crippen molar-refractivity contribution in [3.63, 3.8) is 0 Å². The van der Waals surface area contributed by atoms with Crippen molar-refractivity contribution in [1.82, 2.24) is 15.6 Å². The summed E-state index contributed by atoms with van der Waals surface area (Å²) in [5, 5.41) is 6.77. The van der Waals surface area contributed by atoms with Crippen LogP contribution in [-0.2, 0) is 6.54 Å². The van der Waals surface area contributed by atoms with Crippen LogP contribution in [0.1, 0.15) is 33.3 Å². The van der Waals surface area contributed by atoms with Gasteiger partial charge in [-0.2, -0.15) is 0 Å². The van der Waals surface area contributed by atoms with Gasteiger partial charge in [0.2, 0.25) is 0 Å². The van der Waals surface area contributed by atoms with Gasteiger partial charge in [-0.15, -0.1) is 0 Å². The fourth-order valence-corrected chi connectivity index (χ4v) is 2.24. The van der Waals surface area contributed by atoms with E-state index in [9.17, 15) is 0 Å². The first kappa shape index (κ1) is 18.0. The average Bonchev–Trinajstić information content (AvgIpc) is 2.60. The minimum absolute atomic E-state index is 0.377. The third-order valence-corrected chi connectivity index (χ3v) is 4.02. The quantitative estimate of drug-likeness (QED) is 0.627. The van der Waals surface area contributed by atoms with Gasteiger partial charge in [0.25, 0.3) is 0 Å². The number of benzene rings is 1. The molecule has 0 radical (unpaired) electrons. The van der Waals surface area contributed by atoms with Gasteiger partial charge < -0.3 is 10.6 Å². The van der Waals surface area contributed by atoms with Crippen LogP contribution in [0, 0.1) is 5.92 Å². The summed E-state index contributed by atoms with van der Waals surface area (Å²) in [6, 6.07) is 14.7. The molecule has 1 atom stereocenters. The maximum absolute atomic E-state index is 4.71. The first-order chi connectivity index (χ1) is 11.6. The molecule has 2 rings (SSSR count). The number of hydrogen-bond acceptors (Lipinski definition) is 2. The van der Waals surface area contributed by atoms with E-state index >= 15 is 0 Å². The molecule has 128 valence electrons. The molecule has 0 aliphatic rings. The first-order valence-corrected chi connectivity index (χ1v) is 8.65. The third kappa shape index (κ3) is 5.37. The number of rotatable bonds is 6. The Balaban J connectivity index is 2.11. The molecular weight excluding hydrogens is 296 g/mol. The Hall–Kier alpha value is -2.36. The Morgan fingerprint density at radius 2 is 1.96 bits per heavy atom. The summed E-state index contributed by atoms with van der Waals surface area (Å²) in [6.45, 7) is 10.2. The highest BCUT2D eigenvalue weighted by Crippen LogP contribution is 2.18. The zero-order chi connectivity index (χ0) is 17.4. The Morgan fingerprint density at radius 3 is 2.62 bits per heavy atom. The molecule has 0 spiro atoms. The molecule has 4 nitrogen and oxygen atoms in total. The molecule has 1 aromatic heterocycles. The molecule has 0 aliphatic carbocycles. The second kappa shape index (κ2) is 9.06. The second-order valence-electron chi connectivity index (χ2n) is 6.29. The molecule has 2 aromatic rings. The molecule has 0 aliphatic heterocycles. The number of nitrogens with one attached hydrogen (secondary N) is 2. The van der Waals surface area contributed by atoms with Crippen LogP contribution in [0.2, 0.25) is 0 Å². The Bertz CT molecular complexity index is 650. The summed E-state index contributed by atoms with van der Waals surface area (Å²) >= 11 is 0. The number of guanidine groups is 1. The van der Waals surface area contributed by atoms with Crippen LogP contribution >= 0.6 is 0 Å². The van der Waals surface area contributed by atoms with E-state index in [-0.39, 0.29) is 0 Å². The van der Waals surface area contributed by atoms with Crippen molar-refractivity contribution in [3.8, 4) is 11.3 Å². The zero-order valence-corrected chi connectivity index (χ0v) is 15.1. The lowest BCUT2D eigenvalue weighted by atomic mass is 10.1. The van der Waals surface area contributed by atoms with Crippen LogP contribution in [0.25, 0.3) is 11.3 Å². The molecular formula is C20H28N4. The summed E-state index contributed by atoms with van der Waals surface area (Å²) in [5.74, 6) is 1.42. The number of nitrogens with zero attached hydrogens (tertiary/aromatic N) is 2. The first-order valence-electron chi connectivity index (χ1n) is 8.65. The number of pyridine rings is 1. The largest absolute Gasteiger partial charge is 0.357 e. The van der Waals surface area contributed by atoms with Gasteiger partial charge >= 0.3 is 0 Å². The Kier molecular flexibility index (Phi) is 6.79. The predicted octanol–water partition coefficient (Wildman–Crippen LogP) is 3.85. The van der Waals surface area contributed by atoms with E-state index < -0.39 is 0 Å². The lowest BCUT2D eigenvalue weighted by molar-refractivity contribution is 0.481. The van der Waals surface area contributed by atoms with Crippen molar-refractivity contribution in [2.75, 3.05) is 6.54 Å². The predicted molar refractivity (Wildman–Crippen MR) is 102 cm³/mol. The van der Waals surface area contributed by atoms with E-state index in [2.05, 4.69) is 67.6 Å². The van der Waals surface area contributed by atoms with Gasteiger partial charge in [0.05, 0.1) is 12.2 Å². The summed E-state index contributed by atoms with van der Waals surface area (Å²) in [7, 11) is 0. The van der Waals surface area contributed by atoms with Gasteiger partial charge in [-0.1, -0.05) is 38.1 Å². The summed E-state index contributed by atoms with van der Waals surface area (Å²) in [5.41, 5.74) is 3.28. The Labute approximate surface area is 145 Å². The molecule has 0 saturated carbocycles. The van der Waals surface area contributed by atoms with Gasteiger partial charge in [-0.3, -0.25) is 4.98 Å². The van der Waals surface area contributed by atoms with Gasteiger partial charge in [-0.05, 0) is 43.5 Å². The standard InChI is InChI=1S/C20H28N4/c1-5-21-20(24-16(4)15(2)3)23-14-17-9-8-10-18(13-17)19-11-6-7-12-22-19/h6-13,15-16H,5,14H2,1-4H3,(H2,21,23,24). The monoisotopic (exact) mass is 324 g/mol. The van der Waals surface area contributed by atoms with E-state index in [0.717, 1.165) is 23.8 Å². The molecule has 1 unspecified atom stereocenters. The van der Waals surface area contributed by atoms with Crippen LogP contribution < -0.4 is 10.6 Å². The lowest BCUT2D eigenvalue weighted by Gasteiger charge is -2.20. The second-order valence-corrected chi connectivity index (χ2v) is 6.29. The smallest absolute Gasteiger partial charge is 0.191 e. The molecule has 2 N–H and O–H groups in total. The Morgan fingerprint density at radius 1 is 1.12 bits per heavy atom. The normalized spacial score (nSPS) is 13.0. The van der Waals surface area contributed by atoms with Gasteiger partial charge in [0, 0.05) is 24.3 Å². The van der Waals surface area contributed by atoms with Crippen LogP contribution in [0.15, 0.2) is 53.7 Å². The molecule has 1 heterocycles. The number of aromatic nitrogens is 1. The summed E-state index contributed by atoms with van der Waals surface area (Å²) < 4.78 is 0. The molecule has 0 amide bonds. The minimum atomic E-state index is 0.377. The number of aliphatic imine (C=N–C) groups is 1. The van der Waals surface area contributed by atoms with E-state index in [1.807, 2.05) is 24.4 Å². The van der Waals surface area contributed by atoms with Crippen LogP contribution in [0.5, 0.6) is 0 Å². The van der Waals surface area contributed by atoms with Crippen molar-refractivity contribution < 1.29 is 0 Å². The van der Waals surface area contributed by atoms with Crippen molar-refractivity contribution in [3.05, 3.63) is 54.2 Å². The third-order valence-electron chi connectivity index (χ3n) is 4.02. The topological polar surface area (TPSA) is 49.3 Å². The molecule has 24 heavy (non-hydrogen) atoms. The van der Waals surface area contributed by atoms with Crippen molar-refractivity contribution >= 4 is 5.96 Å². The lowest BCUT2D eigenvalue weighted by Crippen LogP contribution is -2.44. The highest BCUT2D eigenvalue weighted by molar-refractivity contribution is 5.80. The van der Waals surface area contributed by atoms with Crippen molar-refractivity contribution in [1.29, 1.82) is 0 Å². The zero-order valence-electron chi connectivity index (χ0n) is 15.1. The highest BCUT2D eigenvalue weighted by atomic mass is 15.2. The minimum Gasteiger partial charge on any atom is -0.357 e. The van der Waals surface area contributed by atoms with E-state index in [4.69, 9.17) is 4.99 Å². The summed E-state index contributed by atoms with van der Waals surface area (Å²) in [4.78, 5) is 9.13. The van der Waals surface area contributed by atoms with Crippen LogP contribution in [-0.4, -0.2) is 23.5 Å². The highest BCUT2D eigenvalue weighted by Gasteiger charge is 2.08. The van der Waals surface area contributed by atoms with Gasteiger partial charge in [0.1, 0.15) is 0 Å². The fraction of sp³-hybridized carbons (Fsp3) is 0.400.